The van der Waals surface area contributed by atoms with Crippen molar-refractivity contribution in [3.63, 3.8) is 0 Å². The molecule has 0 radical (unpaired) electrons. The molecule has 0 aliphatic heterocycles. The second-order valence-corrected chi connectivity index (χ2v) is 11.5. The Kier molecular flexibility index (Phi) is 8.37. The molecule has 0 heterocycles. The molecular weight excluding hydrogens is 444 g/mol. The first kappa shape index (κ1) is 24.7. The molecule has 0 spiro atoms. The van der Waals surface area contributed by atoms with Crippen LogP contribution in [0.1, 0.15) is 69.0 Å². The Morgan fingerprint density at radius 3 is 2.31 bits per heavy atom. The summed E-state index contributed by atoms with van der Waals surface area (Å²) in [7, 11) is -3.39. The fraction of sp³-hybridized carbons (Fsp3) is 0.480. The first-order valence-corrected chi connectivity index (χ1v) is 13.5. The van der Waals surface area contributed by atoms with Crippen molar-refractivity contribution in [2.75, 3.05) is 18.1 Å². The SMILES string of the molecule is CC(C)[C@H](NCC(=O)Nc1cc(S(C)(=O)=O)ccc1Cl)c1ccc(C2CCCCC2)cc1. The number of amides is 1. The van der Waals surface area contributed by atoms with Crippen LogP contribution in [-0.2, 0) is 14.6 Å². The molecule has 0 unspecified atom stereocenters. The highest BCUT2D eigenvalue weighted by Crippen LogP contribution is 2.33. The van der Waals surface area contributed by atoms with Crippen LogP contribution in [-0.4, -0.2) is 27.1 Å². The van der Waals surface area contributed by atoms with Gasteiger partial charge in [0.25, 0.3) is 0 Å². The molecule has 1 fully saturated rings. The number of halogens is 1. The average Bonchev–Trinajstić information content (AvgIpc) is 2.75. The molecule has 2 aromatic rings. The molecule has 5 nitrogen and oxygen atoms in total. The van der Waals surface area contributed by atoms with Gasteiger partial charge in [-0.05, 0) is 54.0 Å². The zero-order valence-electron chi connectivity index (χ0n) is 19.0. The summed E-state index contributed by atoms with van der Waals surface area (Å²) in [5.41, 5.74) is 2.86. The van der Waals surface area contributed by atoms with Crippen LogP contribution in [0.3, 0.4) is 0 Å². The topological polar surface area (TPSA) is 75.3 Å². The number of benzene rings is 2. The van der Waals surface area contributed by atoms with Crippen LogP contribution in [0.4, 0.5) is 5.69 Å². The van der Waals surface area contributed by atoms with Crippen LogP contribution in [0.2, 0.25) is 5.02 Å². The number of hydrogen-bond donors (Lipinski definition) is 2. The van der Waals surface area contributed by atoms with Crippen LogP contribution in [0.25, 0.3) is 0 Å². The van der Waals surface area contributed by atoms with Gasteiger partial charge in [0, 0.05) is 12.3 Å². The van der Waals surface area contributed by atoms with E-state index in [2.05, 4.69) is 48.7 Å². The Balaban J connectivity index is 1.64. The molecule has 1 amide bonds. The molecule has 0 saturated heterocycles. The summed E-state index contributed by atoms with van der Waals surface area (Å²) in [5.74, 6) is 0.684. The molecule has 1 aliphatic rings. The van der Waals surface area contributed by atoms with Crippen molar-refractivity contribution in [1.82, 2.24) is 5.32 Å². The average molecular weight is 477 g/mol. The molecule has 1 saturated carbocycles. The minimum atomic E-state index is -3.39. The zero-order chi connectivity index (χ0) is 23.3. The maximum absolute atomic E-state index is 12.6. The molecule has 2 N–H and O–H groups in total. The first-order valence-electron chi connectivity index (χ1n) is 11.3. The van der Waals surface area contributed by atoms with Crippen molar-refractivity contribution in [1.29, 1.82) is 0 Å². The van der Waals surface area contributed by atoms with Crippen molar-refractivity contribution in [2.45, 2.75) is 62.8 Å². The van der Waals surface area contributed by atoms with Gasteiger partial charge in [-0.3, -0.25) is 4.79 Å². The molecule has 7 heteroatoms. The molecule has 1 aliphatic carbocycles. The second kappa shape index (κ2) is 10.8. The minimum absolute atomic E-state index is 0.0268. The second-order valence-electron chi connectivity index (χ2n) is 9.07. The van der Waals surface area contributed by atoms with Gasteiger partial charge >= 0.3 is 0 Å². The van der Waals surface area contributed by atoms with E-state index in [0.717, 1.165) is 11.8 Å². The summed E-state index contributed by atoms with van der Waals surface area (Å²) < 4.78 is 23.6. The molecule has 1 atom stereocenters. The highest BCUT2D eigenvalue weighted by molar-refractivity contribution is 7.90. The van der Waals surface area contributed by atoms with E-state index in [-0.39, 0.29) is 23.4 Å². The monoisotopic (exact) mass is 476 g/mol. The van der Waals surface area contributed by atoms with Crippen molar-refractivity contribution in [3.8, 4) is 0 Å². The van der Waals surface area contributed by atoms with Crippen molar-refractivity contribution in [2.24, 2.45) is 5.92 Å². The van der Waals surface area contributed by atoms with Crippen molar-refractivity contribution >= 4 is 33.0 Å². The van der Waals surface area contributed by atoms with Gasteiger partial charge in [-0.2, -0.15) is 0 Å². The predicted molar refractivity (Wildman–Crippen MR) is 131 cm³/mol. The molecule has 174 valence electrons. The lowest BCUT2D eigenvalue weighted by Crippen LogP contribution is -2.33. The number of carbonyl (C=O) groups is 1. The highest BCUT2D eigenvalue weighted by Gasteiger charge is 2.20. The standard InChI is InChI=1S/C25H33ClN2O3S/c1-17(2)25(20-11-9-19(10-12-20)18-7-5-4-6-8-18)27-16-24(29)28-23-15-21(32(3,30)31)13-14-22(23)26/h9-15,17-18,25,27H,4-8,16H2,1-3H3,(H,28,29)/t25-/m0/s1. The van der Waals surface area contributed by atoms with Gasteiger partial charge in [-0.1, -0.05) is 69.0 Å². The Bertz CT molecular complexity index is 1030. The van der Waals surface area contributed by atoms with Gasteiger partial charge in [-0.25, -0.2) is 8.42 Å². The van der Waals surface area contributed by atoms with Crippen molar-refractivity contribution in [3.05, 3.63) is 58.6 Å². The number of nitrogens with one attached hydrogen (secondary N) is 2. The summed E-state index contributed by atoms with van der Waals surface area (Å²) in [6.45, 7) is 4.33. The van der Waals surface area contributed by atoms with E-state index in [9.17, 15) is 13.2 Å². The summed E-state index contributed by atoms with van der Waals surface area (Å²) in [5, 5.41) is 6.36. The third kappa shape index (κ3) is 6.56. The van der Waals surface area contributed by atoms with Crippen LogP contribution < -0.4 is 10.6 Å². The zero-order valence-corrected chi connectivity index (χ0v) is 20.6. The van der Waals surface area contributed by atoms with Crippen molar-refractivity contribution < 1.29 is 13.2 Å². The number of hydrogen-bond acceptors (Lipinski definition) is 4. The lowest BCUT2D eigenvalue weighted by atomic mass is 9.83. The largest absolute Gasteiger partial charge is 0.324 e. The summed E-state index contributed by atoms with van der Waals surface area (Å²) in [6.07, 6.45) is 7.64. The smallest absolute Gasteiger partial charge is 0.238 e. The lowest BCUT2D eigenvalue weighted by molar-refractivity contribution is -0.115. The van der Waals surface area contributed by atoms with Gasteiger partial charge in [0.2, 0.25) is 5.91 Å². The van der Waals surface area contributed by atoms with Crippen LogP contribution in [0, 0.1) is 5.92 Å². The minimum Gasteiger partial charge on any atom is -0.324 e. The van der Waals surface area contributed by atoms with E-state index >= 15 is 0 Å². The molecule has 32 heavy (non-hydrogen) atoms. The lowest BCUT2D eigenvalue weighted by Gasteiger charge is -2.25. The maximum atomic E-state index is 12.6. The number of rotatable bonds is 8. The molecule has 0 aromatic heterocycles. The van der Waals surface area contributed by atoms with E-state index in [1.54, 1.807) is 0 Å². The number of sulfone groups is 1. The number of anilines is 1. The molecule has 0 bridgehead atoms. The van der Waals surface area contributed by atoms with Gasteiger partial charge in [0.05, 0.1) is 22.2 Å². The predicted octanol–water partition coefficient (Wildman–Crippen LogP) is 5.72. The van der Waals surface area contributed by atoms with E-state index in [4.69, 9.17) is 11.6 Å². The first-order chi connectivity index (χ1) is 15.1. The van der Waals surface area contributed by atoms with Gasteiger partial charge < -0.3 is 10.6 Å². The van der Waals surface area contributed by atoms with E-state index in [0.29, 0.717) is 22.5 Å². The third-order valence-electron chi connectivity index (χ3n) is 6.16. The van der Waals surface area contributed by atoms with E-state index in [1.807, 2.05) is 0 Å². The summed E-state index contributed by atoms with van der Waals surface area (Å²) >= 11 is 6.15. The van der Waals surface area contributed by atoms with E-state index in [1.165, 1.54) is 55.9 Å². The van der Waals surface area contributed by atoms with E-state index < -0.39 is 9.84 Å². The fourth-order valence-corrected chi connectivity index (χ4v) is 5.19. The normalized spacial score (nSPS) is 16.2. The highest BCUT2D eigenvalue weighted by atomic mass is 35.5. The summed E-state index contributed by atoms with van der Waals surface area (Å²) in [6, 6.07) is 13.1. The molecule has 3 rings (SSSR count). The van der Waals surface area contributed by atoms with Crippen LogP contribution in [0.5, 0.6) is 0 Å². The Hall–Kier alpha value is -1.89. The van der Waals surface area contributed by atoms with Gasteiger partial charge in [0.1, 0.15) is 0 Å². The molecular formula is C25H33ClN2O3S. The van der Waals surface area contributed by atoms with Gasteiger partial charge in [0.15, 0.2) is 9.84 Å². The van der Waals surface area contributed by atoms with Crippen LogP contribution >= 0.6 is 11.6 Å². The van der Waals surface area contributed by atoms with Gasteiger partial charge in [-0.15, -0.1) is 0 Å². The Labute approximate surface area is 196 Å². The van der Waals surface area contributed by atoms with Crippen LogP contribution in [0.15, 0.2) is 47.4 Å². The third-order valence-corrected chi connectivity index (χ3v) is 7.60. The Morgan fingerprint density at radius 1 is 1.06 bits per heavy atom. The molecule has 2 aromatic carbocycles. The fourth-order valence-electron chi connectivity index (χ4n) is 4.38. The number of carbonyl (C=O) groups excluding carboxylic acids is 1. The maximum Gasteiger partial charge on any atom is 0.238 e. The summed E-state index contributed by atoms with van der Waals surface area (Å²) in [4.78, 5) is 12.7. The Morgan fingerprint density at radius 2 is 1.72 bits per heavy atom. The quantitative estimate of drug-likeness (QED) is 0.511.